The van der Waals surface area contributed by atoms with Crippen molar-refractivity contribution in [1.29, 1.82) is 0 Å². The van der Waals surface area contributed by atoms with Crippen LogP contribution in [0, 0.1) is 0 Å². The molecule has 0 aliphatic rings. The lowest BCUT2D eigenvalue weighted by Crippen LogP contribution is -2.21. The van der Waals surface area contributed by atoms with Crippen molar-refractivity contribution in [2.75, 3.05) is 14.2 Å². The number of ether oxygens (including phenoxy) is 2. The van der Waals surface area contributed by atoms with Gasteiger partial charge in [-0.3, -0.25) is 0 Å². The monoisotopic (exact) mass is 184 g/mol. The second-order valence-corrected chi connectivity index (χ2v) is 1.76. The number of esters is 1. The smallest absolute Gasteiger partial charge is 0.426 e. The summed E-state index contributed by atoms with van der Waals surface area (Å²) >= 11 is 0. The van der Waals surface area contributed by atoms with Crippen LogP contribution in [0.3, 0.4) is 0 Å². The lowest BCUT2D eigenvalue weighted by atomic mass is 10.3. The van der Waals surface area contributed by atoms with Gasteiger partial charge in [0.05, 0.1) is 14.2 Å². The SMILES string of the molecule is COC=C(C(=O)OC)C(F)(F)F. The Morgan fingerprint density at radius 2 is 1.83 bits per heavy atom. The van der Waals surface area contributed by atoms with Gasteiger partial charge in [-0.1, -0.05) is 0 Å². The van der Waals surface area contributed by atoms with Gasteiger partial charge in [0.25, 0.3) is 0 Å². The Bertz CT molecular complexity index is 195. The average molecular weight is 184 g/mol. The third kappa shape index (κ3) is 2.81. The van der Waals surface area contributed by atoms with Crippen LogP contribution in [0.1, 0.15) is 0 Å². The number of hydrogen-bond acceptors (Lipinski definition) is 3. The van der Waals surface area contributed by atoms with Crippen molar-refractivity contribution in [3.8, 4) is 0 Å². The summed E-state index contributed by atoms with van der Waals surface area (Å²) in [6.07, 6.45) is -4.45. The lowest BCUT2D eigenvalue weighted by Gasteiger charge is -2.07. The van der Waals surface area contributed by atoms with E-state index in [4.69, 9.17) is 0 Å². The highest BCUT2D eigenvalue weighted by molar-refractivity contribution is 5.89. The van der Waals surface area contributed by atoms with Crippen molar-refractivity contribution < 1.29 is 27.4 Å². The van der Waals surface area contributed by atoms with E-state index in [9.17, 15) is 18.0 Å². The van der Waals surface area contributed by atoms with E-state index in [1.54, 1.807) is 0 Å². The van der Waals surface area contributed by atoms with E-state index < -0.39 is 17.7 Å². The van der Waals surface area contributed by atoms with Crippen molar-refractivity contribution in [2.24, 2.45) is 0 Å². The van der Waals surface area contributed by atoms with E-state index in [-0.39, 0.29) is 0 Å². The second kappa shape index (κ2) is 3.99. The zero-order valence-corrected chi connectivity index (χ0v) is 6.44. The van der Waals surface area contributed by atoms with Crippen LogP contribution in [0.4, 0.5) is 13.2 Å². The van der Waals surface area contributed by atoms with Gasteiger partial charge >= 0.3 is 12.1 Å². The molecule has 0 aromatic rings. The molecule has 0 unspecified atom stereocenters. The van der Waals surface area contributed by atoms with Crippen LogP contribution in [0.5, 0.6) is 0 Å². The summed E-state index contributed by atoms with van der Waals surface area (Å²) in [6.45, 7) is 0. The fourth-order valence-electron chi connectivity index (χ4n) is 0.458. The first-order chi connectivity index (χ1) is 5.43. The number of carbonyl (C=O) groups is 1. The third-order valence-electron chi connectivity index (χ3n) is 0.946. The van der Waals surface area contributed by atoms with Gasteiger partial charge in [0, 0.05) is 0 Å². The normalized spacial score (nSPS) is 12.6. The number of hydrogen-bond donors (Lipinski definition) is 0. The molecule has 0 saturated carbocycles. The molecule has 0 aliphatic heterocycles. The molecule has 0 bridgehead atoms. The quantitative estimate of drug-likeness (QED) is 0.368. The summed E-state index contributed by atoms with van der Waals surface area (Å²) in [5.41, 5.74) is -1.47. The zero-order chi connectivity index (χ0) is 9.78. The summed E-state index contributed by atoms with van der Waals surface area (Å²) < 4.78 is 43.6. The molecule has 0 N–H and O–H groups in total. The molecule has 12 heavy (non-hydrogen) atoms. The minimum atomic E-state index is -4.75. The minimum absolute atomic E-state index is 0.297. The van der Waals surface area contributed by atoms with E-state index in [0.717, 1.165) is 14.2 Å². The van der Waals surface area contributed by atoms with Crippen LogP contribution >= 0.6 is 0 Å². The summed E-state index contributed by atoms with van der Waals surface area (Å²) in [6, 6.07) is 0. The Morgan fingerprint density at radius 3 is 2.08 bits per heavy atom. The van der Waals surface area contributed by atoms with E-state index in [0.29, 0.717) is 6.26 Å². The summed E-state index contributed by atoms with van der Waals surface area (Å²) in [4.78, 5) is 10.5. The molecule has 0 fully saturated rings. The van der Waals surface area contributed by atoms with Gasteiger partial charge in [0.15, 0.2) is 5.57 Å². The molecule has 70 valence electrons. The van der Waals surface area contributed by atoms with Gasteiger partial charge in [0.1, 0.15) is 6.26 Å². The molecule has 0 rings (SSSR count). The van der Waals surface area contributed by atoms with E-state index in [1.807, 2.05) is 0 Å². The van der Waals surface area contributed by atoms with Gasteiger partial charge in [-0.05, 0) is 0 Å². The van der Waals surface area contributed by atoms with Crippen molar-refractivity contribution in [3.05, 3.63) is 11.8 Å². The molecule has 0 saturated heterocycles. The van der Waals surface area contributed by atoms with Gasteiger partial charge in [0.2, 0.25) is 0 Å². The Balaban J connectivity index is 4.69. The average Bonchev–Trinajstić information content (AvgIpc) is 1.96. The molecule has 0 radical (unpaired) electrons. The predicted molar refractivity (Wildman–Crippen MR) is 33.2 cm³/mol. The first-order valence-corrected chi connectivity index (χ1v) is 2.82. The van der Waals surface area contributed by atoms with Crippen LogP contribution in [-0.2, 0) is 14.3 Å². The highest BCUT2D eigenvalue weighted by Gasteiger charge is 2.40. The standard InChI is InChI=1S/C6H7F3O3/c1-11-3-4(5(10)12-2)6(7,8)9/h3H,1-2H3. The first kappa shape index (κ1) is 10.8. The van der Waals surface area contributed by atoms with Crippen molar-refractivity contribution in [2.45, 2.75) is 6.18 Å². The van der Waals surface area contributed by atoms with Gasteiger partial charge < -0.3 is 9.47 Å². The first-order valence-electron chi connectivity index (χ1n) is 2.82. The number of halogens is 3. The molecular weight excluding hydrogens is 177 g/mol. The maximum Gasteiger partial charge on any atom is 0.426 e. The van der Waals surface area contributed by atoms with Crippen LogP contribution < -0.4 is 0 Å². The van der Waals surface area contributed by atoms with Gasteiger partial charge in [-0.25, -0.2) is 4.79 Å². The number of rotatable bonds is 2. The highest BCUT2D eigenvalue weighted by atomic mass is 19.4. The molecule has 0 spiro atoms. The summed E-state index contributed by atoms with van der Waals surface area (Å²) in [7, 11) is 1.87. The van der Waals surface area contributed by atoms with Crippen molar-refractivity contribution in [1.82, 2.24) is 0 Å². The topological polar surface area (TPSA) is 35.5 Å². The van der Waals surface area contributed by atoms with Crippen LogP contribution in [0.2, 0.25) is 0 Å². The van der Waals surface area contributed by atoms with Gasteiger partial charge in [-0.15, -0.1) is 0 Å². The number of carbonyl (C=O) groups excluding carboxylic acids is 1. The Kier molecular flexibility index (Phi) is 3.59. The summed E-state index contributed by atoms with van der Waals surface area (Å²) in [5, 5.41) is 0. The number of methoxy groups -OCH3 is 2. The maximum atomic E-state index is 11.9. The number of alkyl halides is 3. The molecule has 0 aromatic carbocycles. The van der Waals surface area contributed by atoms with Crippen LogP contribution in [-0.4, -0.2) is 26.4 Å². The van der Waals surface area contributed by atoms with Crippen LogP contribution in [0.15, 0.2) is 11.8 Å². The van der Waals surface area contributed by atoms with Crippen LogP contribution in [0.25, 0.3) is 0 Å². The van der Waals surface area contributed by atoms with E-state index >= 15 is 0 Å². The van der Waals surface area contributed by atoms with Crippen molar-refractivity contribution in [3.63, 3.8) is 0 Å². The fourth-order valence-corrected chi connectivity index (χ4v) is 0.458. The highest BCUT2D eigenvalue weighted by Crippen LogP contribution is 2.26. The largest absolute Gasteiger partial charge is 0.503 e. The van der Waals surface area contributed by atoms with Crippen molar-refractivity contribution >= 4 is 5.97 Å². The Hall–Kier alpha value is -1.20. The molecule has 0 atom stereocenters. The molecule has 6 heteroatoms. The van der Waals surface area contributed by atoms with E-state index in [2.05, 4.69) is 9.47 Å². The second-order valence-electron chi connectivity index (χ2n) is 1.76. The lowest BCUT2D eigenvalue weighted by molar-refractivity contribution is -0.148. The third-order valence-corrected chi connectivity index (χ3v) is 0.946. The molecular formula is C6H7F3O3. The molecule has 0 aliphatic carbocycles. The van der Waals surface area contributed by atoms with Gasteiger partial charge in [-0.2, -0.15) is 13.2 Å². The minimum Gasteiger partial charge on any atom is -0.503 e. The zero-order valence-electron chi connectivity index (χ0n) is 6.44. The molecule has 0 heterocycles. The summed E-state index contributed by atoms with van der Waals surface area (Å²) in [5.74, 6) is -1.47. The Labute approximate surface area is 66.8 Å². The fraction of sp³-hybridized carbons (Fsp3) is 0.500. The predicted octanol–water partition coefficient (Wildman–Crippen LogP) is 1.25. The molecule has 3 nitrogen and oxygen atoms in total. The Morgan fingerprint density at radius 1 is 1.33 bits per heavy atom. The van der Waals surface area contributed by atoms with E-state index in [1.165, 1.54) is 0 Å². The molecule has 0 aromatic heterocycles. The molecule has 0 amide bonds. The maximum absolute atomic E-state index is 11.9.